The van der Waals surface area contributed by atoms with Gasteiger partial charge in [0.15, 0.2) is 0 Å². The van der Waals surface area contributed by atoms with E-state index < -0.39 is 0 Å². The molecular formula is C22H23N3O3. The van der Waals surface area contributed by atoms with Gasteiger partial charge < -0.3 is 24.3 Å². The highest BCUT2D eigenvalue weighted by Crippen LogP contribution is 2.34. The first-order valence-corrected chi connectivity index (χ1v) is 9.20. The summed E-state index contributed by atoms with van der Waals surface area (Å²) in [6.45, 7) is 1.37. The first-order chi connectivity index (χ1) is 13.7. The van der Waals surface area contributed by atoms with Crippen LogP contribution in [0.2, 0.25) is 0 Å². The Morgan fingerprint density at radius 2 is 1.71 bits per heavy atom. The Bertz CT molecular complexity index is 982. The van der Waals surface area contributed by atoms with Gasteiger partial charge in [-0.1, -0.05) is 18.2 Å². The van der Waals surface area contributed by atoms with E-state index in [-0.39, 0.29) is 12.1 Å². The van der Waals surface area contributed by atoms with E-state index in [1.165, 1.54) is 0 Å². The van der Waals surface area contributed by atoms with E-state index in [0.717, 1.165) is 23.6 Å². The standard InChI is InChI=1S/C22H23N3O3/c1-27-18-8-3-6-16(14-18)21-20-10-5-11-24(20)12-13-25(21)22(26)23-17-7-4-9-19(15-17)28-2/h3-11,14-15,21H,12-13H2,1-2H3,(H,23,26). The maximum Gasteiger partial charge on any atom is 0.322 e. The number of urea groups is 1. The first kappa shape index (κ1) is 18.0. The van der Waals surface area contributed by atoms with Crippen molar-refractivity contribution >= 4 is 11.7 Å². The fraction of sp³-hybridized carbons (Fsp3) is 0.227. The summed E-state index contributed by atoms with van der Waals surface area (Å²) >= 11 is 0. The van der Waals surface area contributed by atoms with Gasteiger partial charge in [-0.3, -0.25) is 0 Å². The van der Waals surface area contributed by atoms with Crippen molar-refractivity contribution in [1.29, 1.82) is 0 Å². The highest BCUT2D eigenvalue weighted by atomic mass is 16.5. The molecule has 1 atom stereocenters. The predicted octanol–water partition coefficient (Wildman–Crippen LogP) is 4.14. The van der Waals surface area contributed by atoms with Crippen molar-refractivity contribution in [3.05, 3.63) is 78.1 Å². The number of hydrogen-bond donors (Lipinski definition) is 1. The first-order valence-electron chi connectivity index (χ1n) is 9.20. The quantitative estimate of drug-likeness (QED) is 0.743. The molecule has 1 aromatic heterocycles. The fourth-order valence-electron chi connectivity index (χ4n) is 3.66. The van der Waals surface area contributed by atoms with Gasteiger partial charge in [0, 0.05) is 36.7 Å². The Hall–Kier alpha value is -3.41. The van der Waals surface area contributed by atoms with Gasteiger partial charge in [0.1, 0.15) is 11.5 Å². The second-order valence-corrected chi connectivity index (χ2v) is 6.66. The lowest BCUT2D eigenvalue weighted by atomic mass is 10.00. The topological polar surface area (TPSA) is 55.7 Å². The number of rotatable bonds is 4. The van der Waals surface area contributed by atoms with E-state index in [4.69, 9.17) is 9.47 Å². The van der Waals surface area contributed by atoms with Gasteiger partial charge in [0.25, 0.3) is 0 Å². The van der Waals surface area contributed by atoms with Crippen LogP contribution in [0.4, 0.5) is 10.5 Å². The second-order valence-electron chi connectivity index (χ2n) is 6.66. The number of ether oxygens (including phenoxy) is 2. The number of carbonyl (C=O) groups is 1. The number of nitrogens with one attached hydrogen (secondary N) is 1. The average Bonchev–Trinajstić information content (AvgIpc) is 3.22. The third-order valence-electron chi connectivity index (χ3n) is 5.03. The monoisotopic (exact) mass is 377 g/mol. The zero-order valence-electron chi connectivity index (χ0n) is 16.0. The van der Waals surface area contributed by atoms with Crippen LogP contribution in [0.5, 0.6) is 11.5 Å². The van der Waals surface area contributed by atoms with E-state index in [0.29, 0.717) is 18.0 Å². The summed E-state index contributed by atoms with van der Waals surface area (Å²) in [6.07, 6.45) is 2.06. The number of anilines is 1. The highest BCUT2D eigenvalue weighted by molar-refractivity contribution is 5.90. The average molecular weight is 377 g/mol. The summed E-state index contributed by atoms with van der Waals surface area (Å²) in [5, 5.41) is 3.00. The number of methoxy groups -OCH3 is 2. The SMILES string of the molecule is COc1cccc(NC(=O)N2CCn3cccc3C2c2cccc(OC)c2)c1. The van der Waals surface area contributed by atoms with Crippen molar-refractivity contribution in [3.8, 4) is 11.5 Å². The molecular weight excluding hydrogens is 354 g/mol. The van der Waals surface area contributed by atoms with Crippen LogP contribution in [0.25, 0.3) is 0 Å². The number of aromatic nitrogens is 1. The van der Waals surface area contributed by atoms with Gasteiger partial charge in [-0.2, -0.15) is 0 Å². The maximum absolute atomic E-state index is 13.2. The van der Waals surface area contributed by atoms with E-state index >= 15 is 0 Å². The number of carbonyl (C=O) groups excluding carboxylic acids is 1. The van der Waals surface area contributed by atoms with Crippen molar-refractivity contribution < 1.29 is 14.3 Å². The molecule has 2 heterocycles. The fourth-order valence-corrected chi connectivity index (χ4v) is 3.66. The van der Waals surface area contributed by atoms with Crippen LogP contribution < -0.4 is 14.8 Å². The second kappa shape index (κ2) is 7.68. The molecule has 0 saturated heterocycles. The molecule has 3 aromatic rings. The molecule has 2 aromatic carbocycles. The Kier molecular flexibility index (Phi) is 4.93. The molecule has 1 aliphatic rings. The molecule has 0 aliphatic carbocycles. The molecule has 0 saturated carbocycles. The van der Waals surface area contributed by atoms with Crippen LogP contribution in [0, 0.1) is 0 Å². The van der Waals surface area contributed by atoms with Gasteiger partial charge in [0.05, 0.1) is 20.3 Å². The summed E-state index contributed by atoms with van der Waals surface area (Å²) < 4.78 is 12.8. The van der Waals surface area contributed by atoms with E-state index in [1.807, 2.05) is 59.5 Å². The Balaban J connectivity index is 1.67. The number of fused-ring (bicyclic) bond motifs is 1. The smallest absolute Gasteiger partial charge is 0.322 e. The largest absolute Gasteiger partial charge is 0.497 e. The molecule has 4 rings (SSSR count). The molecule has 1 aliphatic heterocycles. The minimum atomic E-state index is -0.190. The van der Waals surface area contributed by atoms with Crippen LogP contribution in [-0.2, 0) is 6.54 Å². The molecule has 0 radical (unpaired) electrons. The molecule has 1 N–H and O–H groups in total. The Morgan fingerprint density at radius 3 is 2.50 bits per heavy atom. The number of benzene rings is 2. The number of hydrogen-bond acceptors (Lipinski definition) is 3. The van der Waals surface area contributed by atoms with Gasteiger partial charge in [0.2, 0.25) is 0 Å². The van der Waals surface area contributed by atoms with E-state index in [1.54, 1.807) is 14.2 Å². The molecule has 0 bridgehead atoms. The molecule has 144 valence electrons. The molecule has 28 heavy (non-hydrogen) atoms. The van der Waals surface area contributed by atoms with Crippen molar-refractivity contribution in [2.24, 2.45) is 0 Å². The molecule has 1 unspecified atom stereocenters. The summed E-state index contributed by atoms with van der Waals surface area (Å²) in [4.78, 5) is 15.0. The summed E-state index contributed by atoms with van der Waals surface area (Å²) in [6, 6.07) is 19.0. The lowest BCUT2D eigenvalue weighted by Gasteiger charge is -2.37. The summed E-state index contributed by atoms with van der Waals surface area (Å²) in [7, 11) is 3.26. The zero-order valence-corrected chi connectivity index (χ0v) is 16.0. The molecule has 6 nitrogen and oxygen atoms in total. The molecule has 0 spiro atoms. The molecule has 0 fully saturated rings. The number of nitrogens with zero attached hydrogens (tertiary/aromatic N) is 2. The maximum atomic E-state index is 13.2. The van der Waals surface area contributed by atoms with Gasteiger partial charge in [-0.05, 0) is 42.0 Å². The van der Waals surface area contributed by atoms with E-state index in [9.17, 15) is 4.79 Å². The van der Waals surface area contributed by atoms with Crippen molar-refractivity contribution in [1.82, 2.24) is 9.47 Å². The van der Waals surface area contributed by atoms with Crippen LogP contribution in [0.1, 0.15) is 17.3 Å². The van der Waals surface area contributed by atoms with Crippen LogP contribution in [0.15, 0.2) is 66.9 Å². The van der Waals surface area contributed by atoms with Crippen LogP contribution in [0.3, 0.4) is 0 Å². The lowest BCUT2D eigenvalue weighted by molar-refractivity contribution is 0.181. The summed E-state index contributed by atoms with van der Waals surface area (Å²) in [5.41, 5.74) is 2.80. The van der Waals surface area contributed by atoms with Crippen molar-refractivity contribution in [2.75, 3.05) is 26.1 Å². The van der Waals surface area contributed by atoms with Gasteiger partial charge >= 0.3 is 6.03 Å². The molecule has 6 heteroatoms. The van der Waals surface area contributed by atoms with Crippen molar-refractivity contribution in [3.63, 3.8) is 0 Å². The Labute approximate surface area is 164 Å². The normalized spacial score (nSPS) is 15.6. The highest BCUT2D eigenvalue weighted by Gasteiger charge is 2.32. The minimum absolute atomic E-state index is 0.145. The minimum Gasteiger partial charge on any atom is -0.497 e. The zero-order chi connectivity index (χ0) is 19.5. The summed E-state index contributed by atoms with van der Waals surface area (Å²) in [5.74, 6) is 1.48. The van der Waals surface area contributed by atoms with Crippen LogP contribution >= 0.6 is 0 Å². The van der Waals surface area contributed by atoms with E-state index in [2.05, 4.69) is 22.1 Å². The predicted molar refractivity (Wildman–Crippen MR) is 108 cm³/mol. The number of amides is 2. The van der Waals surface area contributed by atoms with Gasteiger partial charge in [-0.25, -0.2) is 4.79 Å². The van der Waals surface area contributed by atoms with Crippen molar-refractivity contribution in [2.45, 2.75) is 12.6 Å². The van der Waals surface area contributed by atoms with Crippen LogP contribution in [-0.4, -0.2) is 36.3 Å². The third kappa shape index (κ3) is 3.41. The Morgan fingerprint density at radius 1 is 0.964 bits per heavy atom. The molecule has 2 amide bonds. The lowest BCUT2D eigenvalue weighted by Crippen LogP contribution is -2.44. The van der Waals surface area contributed by atoms with Gasteiger partial charge in [-0.15, -0.1) is 0 Å². The third-order valence-corrected chi connectivity index (χ3v) is 5.03.